The molecule has 2 aromatic carbocycles. The summed E-state index contributed by atoms with van der Waals surface area (Å²) in [6.45, 7) is 6.25. The average Bonchev–Trinajstić information content (AvgIpc) is 2.86. The van der Waals surface area contributed by atoms with Crippen molar-refractivity contribution < 1.29 is 0 Å². The zero-order chi connectivity index (χ0) is 24.5. The number of fused-ring (bicyclic) bond motifs is 1. The van der Waals surface area contributed by atoms with Gasteiger partial charge in [-0.15, -0.1) is 0 Å². The van der Waals surface area contributed by atoms with E-state index in [1.807, 2.05) is 30.6 Å². The van der Waals surface area contributed by atoms with Crippen molar-refractivity contribution in [3.05, 3.63) is 66.0 Å². The highest BCUT2D eigenvalue weighted by atomic mass is 15.2. The van der Waals surface area contributed by atoms with E-state index >= 15 is 0 Å². The van der Waals surface area contributed by atoms with Gasteiger partial charge in [0.05, 0.1) is 17.4 Å². The van der Waals surface area contributed by atoms with Crippen LogP contribution in [-0.4, -0.2) is 53.1 Å². The van der Waals surface area contributed by atoms with Crippen LogP contribution in [0.5, 0.6) is 0 Å². The van der Waals surface area contributed by atoms with E-state index in [2.05, 4.69) is 72.3 Å². The van der Waals surface area contributed by atoms with E-state index in [0.29, 0.717) is 12.0 Å². The highest BCUT2D eigenvalue weighted by Gasteiger charge is 2.21. The maximum atomic E-state index is 6.03. The van der Waals surface area contributed by atoms with Crippen molar-refractivity contribution in [3.63, 3.8) is 0 Å². The smallest absolute Gasteiger partial charge is 0.227 e. The first-order chi connectivity index (χ1) is 16.9. The van der Waals surface area contributed by atoms with Crippen LogP contribution in [0.4, 0.5) is 23.1 Å². The fourth-order valence-corrected chi connectivity index (χ4v) is 4.88. The number of rotatable bonds is 5. The molecule has 0 atom stereocenters. The number of nitrogens with one attached hydrogen (secondary N) is 1. The van der Waals surface area contributed by atoms with E-state index < -0.39 is 0 Å². The van der Waals surface area contributed by atoms with Gasteiger partial charge in [0.15, 0.2) is 0 Å². The Morgan fingerprint density at radius 2 is 1.74 bits per heavy atom. The molecule has 0 aliphatic carbocycles. The fourth-order valence-electron chi connectivity index (χ4n) is 4.88. The Balaban J connectivity index is 1.33. The van der Waals surface area contributed by atoms with Crippen molar-refractivity contribution in [2.24, 2.45) is 0 Å². The molecule has 5 rings (SSSR count). The third kappa shape index (κ3) is 4.91. The summed E-state index contributed by atoms with van der Waals surface area (Å²) < 4.78 is 0. The number of anilines is 4. The van der Waals surface area contributed by atoms with Gasteiger partial charge in [-0.1, -0.05) is 6.07 Å². The molecular formula is C28H33N7. The lowest BCUT2D eigenvalue weighted by atomic mass is 9.97. The number of nitrogen functional groups attached to an aromatic ring is 1. The van der Waals surface area contributed by atoms with Gasteiger partial charge in [0, 0.05) is 36.4 Å². The molecule has 0 spiro atoms. The topological polar surface area (TPSA) is 83.2 Å². The summed E-state index contributed by atoms with van der Waals surface area (Å²) in [6.07, 6.45) is 6.06. The first-order valence-electron chi connectivity index (χ1n) is 12.2. The Morgan fingerprint density at radius 3 is 2.46 bits per heavy atom. The maximum Gasteiger partial charge on any atom is 0.227 e. The molecule has 3 heterocycles. The number of nitrogens with zero attached hydrogens (tertiary/aromatic N) is 5. The summed E-state index contributed by atoms with van der Waals surface area (Å²) in [4.78, 5) is 18.7. The van der Waals surface area contributed by atoms with Crippen molar-refractivity contribution in [1.82, 2.24) is 19.9 Å². The molecule has 4 aromatic rings. The predicted molar refractivity (Wildman–Crippen MR) is 145 cm³/mol. The van der Waals surface area contributed by atoms with Crippen LogP contribution in [0.15, 0.2) is 54.9 Å². The lowest BCUT2D eigenvalue weighted by Gasteiger charge is -2.35. The highest BCUT2D eigenvalue weighted by Crippen LogP contribution is 2.31. The van der Waals surface area contributed by atoms with Gasteiger partial charge in [0.2, 0.25) is 5.95 Å². The van der Waals surface area contributed by atoms with Gasteiger partial charge >= 0.3 is 0 Å². The third-order valence-electron chi connectivity index (χ3n) is 6.97. The summed E-state index contributed by atoms with van der Waals surface area (Å²) in [5.41, 5.74) is 13.1. The number of benzene rings is 2. The van der Waals surface area contributed by atoms with Crippen LogP contribution >= 0.6 is 0 Å². The molecule has 35 heavy (non-hydrogen) atoms. The Bertz CT molecular complexity index is 1340. The normalized spacial score (nSPS) is 14.6. The van der Waals surface area contributed by atoms with Crippen LogP contribution in [0, 0.1) is 13.8 Å². The van der Waals surface area contributed by atoms with Crippen LogP contribution in [-0.2, 0) is 0 Å². The van der Waals surface area contributed by atoms with Gasteiger partial charge < -0.3 is 20.9 Å². The van der Waals surface area contributed by atoms with E-state index in [9.17, 15) is 0 Å². The largest absolute Gasteiger partial charge is 0.399 e. The number of aryl methyl sites for hydroxylation is 2. The van der Waals surface area contributed by atoms with Crippen molar-refractivity contribution in [2.45, 2.75) is 32.7 Å². The summed E-state index contributed by atoms with van der Waals surface area (Å²) >= 11 is 0. The SMILES string of the molecule is Cc1ccc(N)cc1-c1cc(C)c2nc(Nc3ccc(N4CCC(N(C)C)CC4)nc3)ncc2c1. The molecule has 7 nitrogen and oxygen atoms in total. The monoisotopic (exact) mass is 467 g/mol. The lowest BCUT2D eigenvalue weighted by Crippen LogP contribution is -2.42. The zero-order valence-corrected chi connectivity index (χ0v) is 20.9. The molecule has 7 heteroatoms. The zero-order valence-electron chi connectivity index (χ0n) is 20.9. The van der Waals surface area contributed by atoms with E-state index in [0.717, 1.165) is 70.7 Å². The highest BCUT2D eigenvalue weighted by molar-refractivity contribution is 5.88. The number of aromatic nitrogens is 3. The second-order valence-electron chi connectivity index (χ2n) is 9.71. The number of pyridine rings is 1. The van der Waals surface area contributed by atoms with Crippen LogP contribution in [0.25, 0.3) is 22.0 Å². The van der Waals surface area contributed by atoms with Gasteiger partial charge in [-0.25, -0.2) is 15.0 Å². The summed E-state index contributed by atoms with van der Waals surface area (Å²) in [6, 6.07) is 15.1. The number of hydrogen-bond donors (Lipinski definition) is 2. The first-order valence-corrected chi connectivity index (χ1v) is 12.2. The van der Waals surface area contributed by atoms with Crippen molar-refractivity contribution >= 4 is 34.0 Å². The minimum atomic E-state index is 0.565. The molecule has 180 valence electrons. The Kier molecular flexibility index (Phi) is 6.26. The van der Waals surface area contributed by atoms with Gasteiger partial charge in [-0.3, -0.25) is 0 Å². The molecule has 2 aromatic heterocycles. The van der Waals surface area contributed by atoms with Crippen LogP contribution in [0.3, 0.4) is 0 Å². The minimum absolute atomic E-state index is 0.565. The third-order valence-corrected chi connectivity index (χ3v) is 6.97. The summed E-state index contributed by atoms with van der Waals surface area (Å²) in [5.74, 6) is 1.59. The number of piperidine rings is 1. The van der Waals surface area contributed by atoms with E-state index in [1.54, 1.807) is 0 Å². The van der Waals surface area contributed by atoms with Crippen molar-refractivity contribution in [3.8, 4) is 11.1 Å². The van der Waals surface area contributed by atoms with Gasteiger partial charge in [0.25, 0.3) is 0 Å². The Labute approximate surface area is 207 Å². The van der Waals surface area contributed by atoms with E-state index in [1.165, 1.54) is 5.56 Å². The Morgan fingerprint density at radius 1 is 0.943 bits per heavy atom. The average molecular weight is 468 g/mol. The molecular weight excluding hydrogens is 434 g/mol. The molecule has 0 amide bonds. The molecule has 0 saturated carbocycles. The minimum Gasteiger partial charge on any atom is -0.399 e. The quantitative estimate of drug-likeness (QED) is 0.392. The van der Waals surface area contributed by atoms with Crippen LogP contribution < -0.4 is 16.0 Å². The molecule has 1 aliphatic rings. The molecule has 1 aliphatic heterocycles. The number of hydrogen-bond acceptors (Lipinski definition) is 7. The van der Waals surface area contributed by atoms with E-state index in [-0.39, 0.29) is 0 Å². The summed E-state index contributed by atoms with van der Waals surface area (Å²) in [7, 11) is 4.32. The maximum absolute atomic E-state index is 6.03. The Hall–Kier alpha value is -3.71. The van der Waals surface area contributed by atoms with Gasteiger partial charge in [-0.05, 0) is 99.4 Å². The fraction of sp³-hybridized carbons (Fsp3) is 0.321. The summed E-state index contributed by atoms with van der Waals surface area (Å²) in [5, 5.41) is 4.31. The van der Waals surface area contributed by atoms with Crippen LogP contribution in [0.1, 0.15) is 24.0 Å². The predicted octanol–water partition coefficient (Wildman–Crippen LogP) is 5.16. The second kappa shape index (κ2) is 9.50. The van der Waals surface area contributed by atoms with E-state index in [4.69, 9.17) is 15.7 Å². The molecule has 0 radical (unpaired) electrons. The van der Waals surface area contributed by atoms with Crippen LogP contribution in [0.2, 0.25) is 0 Å². The van der Waals surface area contributed by atoms with Crippen molar-refractivity contribution in [1.29, 1.82) is 0 Å². The number of nitrogens with two attached hydrogens (primary N) is 1. The molecule has 0 bridgehead atoms. The molecule has 0 unspecified atom stereocenters. The molecule has 1 fully saturated rings. The van der Waals surface area contributed by atoms with Crippen molar-refractivity contribution in [2.75, 3.05) is 43.1 Å². The standard InChI is InChI=1S/C28H33N7/c1-18-5-6-22(29)15-25(18)20-13-19(2)27-21(14-20)16-31-28(33-27)32-23-7-8-26(30-17-23)35-11-9-24(10-12-35)34(3)4/h5-8,13-17,24H,9-12,29H2,1-4H3,(H,31,32,33). The second-order valence-corrected chi connectivity index (χ2v) is 9.71. The molecule has 3 N–H and O–H groups in total. The van der Waals surface area contributed by atoms with Gasteiger partial charge in [-0.2, -0.15) is 0 Å². The van der Waals surface area contributed by atoms with Gasteiger partial charge in [0.1, 0.15) is 5.82 Å². The first kappa shape index (κ1) is 23.1. The lowest BCUT2D eigenvalue weighted by molar-refractivity contribution is 0.249. The molecule has 1 saturated heterocycles.